The Kier molecular flexibility index (Phi) is 4.83. The molecular formula is C12H13N3O4. The van der Waals surface area contributed by atoms with E-state index in [-0.39, 0.29) is 25.1 Å². The van der Waals surface area contributed by atoms with Crippen molar-refractivity contribution in [1.82, 2.24) is 9.88 Å². The molecule has 7 nitrogen and oxygen atoms in total. The molecule has 1 amide bonds. The van der Waals surface area contributed by atoms with Crippen LogP contribution in [0.2, 0.25) is 0 Å². The van der Waals surface area contributed by atoms with Crippen LogP contribution in [0.3, 0.4) is 0 Å². The third-order valence-corrected chi connectivity index (χ3v) is 2.48. The van der Waals surface area contributed by atoms with Crippen LogP contribution < -0.4 is 10.9 Å². The minimum absolute atomic E-state index is 0.175. The minimum atomic E-state index is -1.33. The zero-order valence-electron chi connectivity index (χ0n) is 10.3. The first-order valence-corrected chi connectivity index (χ1v) is 5.54. The van der Waals surface area contributed by atoms with Gasteiger partial charge in [0.15, 0.2) is 0 Å². The summed E-state index contributed by atoms with van der Waals surface area (Å²) in [7, 11) is 0. The van der Waals surface area contributed by atoms with Crippen LogP contribution in [-0.2, 0) is 11.3 Å². The first-order valence-electron chi connectivity index (χ1n) is 5.54. The Balaban J connectivity index is 2.92. The molecule has 2 N–H and O–H groups in total. The average Bonchev–Trinajstić information content (AvgIpc) is 2.34. The monoisotopic (exact) mass is 263 g/mol. The van der Waals surface area contributed by atoms with Crippen molar-refractivity contribution in [3.63, 3.8) is 0 Å². The molecule has 1 aromatic rings. The number of carboxylic acid groups (broad SMARTS) is 1. The van der Waals surface area contributed by atoms with E-state index in [1.807, 2.05) is 6.07 Å². The number of aromatic nitrogens is 1. The molecule has 0 saturated carbocycles. The lowest BCUT2D eigenvalue weighted by Crippen LogP contribution is -2.35. The maximum absolute atomic E-state index is 11.8. The topological polar surface area (TPSA) is 112 Å². The summed E-state index contributed by atoms with van der Waals surface area (Å²) in [5.74, 6) is -1.77. The van der Waals surface area contributed by atoms with E-state index in [1.165, 1.54) is 12.1 Å². The number of carbonyl (C=O) groups excluding carboxylic acids is 1. The number of nitrogens with one attached hydrogen (secondary N) is 1. The van der Waals surface area contributed by atoms with E-state index in [1.54, 1.807) is 6.92 Å². The summed E-state index contributed by atoms with van der Waals surface area (Å²) in [6, 6.07) is 4.55. The summed E-state index contributed by atoms with van der Waals surface area (Å²) in [5.41, 5.74) is -0.608. The second-order valence-corrected chi connectivity index (χ2v) is 3.84. The van der Waals surface area contributed by atoms with E-state index < -0.39 is 17.4 Å². The third kappa shape index (κ3) is 3.67. The zero-order chi connectivity index (χ0) is 14.4. The van der Waals surface area contributed by atoms with Gasteiger partial charge in [0.05, 0.1) is 12.5 Å². The maximum atomic E-state index is 11.8. The van der Waals surface area contributed by atoms with Gasteiger partial charge in [-0.25, -0.2) is 4.79 Å². The van der Waals surface area contributed by atoms with Crippen LogP contribution in [0, 0.1) is 18.3 Å². The first kappa shape index (κ1) is 14.4. The molecule has 1 rings (SSSR count). The molecule has 0 aliphatic carbocycles. The van der Waals surface area contributed by atoms with Gasteiger partial charge in [0.25, 0.3) is 5.56 Å². The molecule has 1 aromatic heterocycles. The van der Waals surface area contributed by atoms with Gasteiger partial charge >= 0.3 is 5.97 Å². The summed E-state index contributed by atoms with van der Waals surface area (Å²) in [6.07, 6.45) is 0.175. The molecule has 100 valence electrons. The molecule has 19 heavy (non-hydrogen) atoms. The zero-order valence-corrected chi connectivity index (χ0v) is 10.3. The number of aromatic carboxylic acids is 1. The molecule has 1 heterocycles. The molecule has 0 radical (unpaired) electrons. The van der Waals surface area contributed by atoms with Crippen LogP contribution in [0.5, 0.6) is 0 Å². The number of pyridine rings is 1. The minimum Gasteiger partial charge on any atom is -0.477 e. The quantitative estimate of drug-likeness (QED) is 0.719. The molecule has 0 aliphatic heterocycles. The van der Waals surface area contributed by atoms with Crippen molar-refractivity contribution in [2.75, 3.05) is 6.54 Å². The van der Waals surface area contributed by atoms with E-state index >= 15 is 0 Å². The van der Waals surface area contributed by atoms with Crippen LogP contribution in [0.4, 0.5) is 0 Å². The van der Waals surface area contributed by atoms with Crippen molar-refractivity contribution >= 4 is 11.9 Å². The van der Waals surface area contributed by atoms with Crippen molar-refractivity contribution in [3.8, 4) is 6.07 Å². The highest BCUT2D eigenvalue weighted by Crippen LogP contribution is 1.98. The van der Waals surface area contributed by atoms with Crippen LogP contribution in [0.25, 0.3) is 0 Å². The Morgan fingerprint density at radius 2 is 2.16 bits per heavy atom. The molecule has 0 fully saturated rings. The number of hydrogen-bond donors (Lipinski definition) is 2. The Labute approximate surface area is 109 Å². The first-order chi connectivity index (χ1) is 8.97. The number of nitriles is 1. The molecule has 0 atom stereocenters. The second kappa shape index (κ2) is 6.35. The van der Waals surface area contributed by atoms with Gasteiger partial charge in [-0.05, 0) is 19.1 Å². The maximum Gasteiger partial charge on any atom is 0.341 e. The van der Waals surface area contributed by atoms with Gasteiger partial charge in [0, 0.05) is 12.2 Å². The fourth-order valence-corrected chi connectivity index (χ4v) is 1.49. The number of nitrogens with zero attached hydrogens (tertiary/aromatic N) is 2. The summed E-state index contributed by atoms with van der Waals surface area (Å²) >= 11 is 0. The summed E-state index contributed by atoms with van der Waals surface area (Å²) in [5, 5.41) is 19.6. The highest BCUT2D eigenvalue weighted by Gasteiger charge is 2.14. The molecule has 0 bridgehead atoms. The van der Waals surface area contributed by atoms with Gasteiger partial charge in [-0.1, -0.05) is 0 Å². The highest BCUT2D eigenvalue weighted by atomic mass is 16.4. The second-order valence-electron chi connectivity index (χ2n) is 3.84. The van der Waals surface area contributed by atoms with Gasteiger partial charge in [0.1, 0.15) is 12.1 Å². The lowest BCUT2D eigenvalue weighted by Gasteiger charge is -2.10. The van der Waals surface area contributed by atoms with E-state index in [0.717, 1.165) is 4.57 Å². The van der Waals surface area contributed by atoms with Crippen LogP contribution in [-0.4, -0.2) is 28.1 Å². The fraction of sp³-hybridized carbons (Fsp3) is 0.333. The standard InChI is InChI=1S/C12H13N3O4/c1-8-3-4-9(12(18)19)11(17)15(8)7-10(16)14-6-2-5-13/h3-4H,2,6-7H2,1H3,(H,14,16)(H,18,19). The van der Waals surface area contributed by atoms with Gasteiger partial charge < -0.3 is 15.0 Å². The Morgan fingerprint density at radius 3 is 2.74 bits per heavy atom. The highest BCUT2D eigenvalue weighted by molar-refractivity contribution is 5.87. The van der Waals surface area contributed by atoms with Crippen LogP contribution in [0.1, 0.15) is 22.5 Å². The smallest absolute Gasteiger partial charge is 0.341 e. The summed E-state index contributed by atoms with van der Waals surface area (Å²) in [6.45, 7) is 1.54. The number of rotatable bonds is 5. The van der Waals surface area contributed by atoms with Gasteiger partial charge in [0.2, 0.25) is 5.91 Å². The van der Waals surface area contributed by atoms with Crippen molar-refractivity contribution in [3.05, 3.63) is 33.7 Å². The van der Waals surface area contributed by atoms with Gasteiger partial charge in [-0.2, -0.15) is 5.26 Å². The third-order valence-electron chi connectivity index (χ3n) is 2.48. The van der Waals surface area contributed by atoms with Crippen molar-refractivity contribution < 1.29 is 14.7 Å². The number of aryl methyl sites for hydroxylation is 1. The Morgan fingerprint density at radius 1 is 1.47 bits per heavy atom. The Bertz CT molecular complexity index is 598. The number of amides is 1. The molecule has 0 aliphatic rings. The van der Waals surface area contributed by atoms with E-state index in [0.29, 0.717) is 5.69 Å². The van der Waals surface area contributed by atoms with Crippen LogP contribution in [0.15, 0.2) is 16.9 Å². The number of carbonyl (C=O) groups is 2. The number of carboxylic acids is 1. The van der Waals surface area contributed by atoms with Crippen molar-refractivity contribution in [2.24, 2.45) is 0 Å². The number of hydrogen-bond acceptors (Lipinski definition) is 4. The van der Waals surface area contributed by atoms with Gasteiger partial charge in [-0.3, -0.25) is 9.59 Å². The molecule has 7 heteroatoms. The average molecular weight is 263 g/mol. The van der Waals surface area contributed by atoms with E-state index in [9.17, 15) is 14.4 Å². The van der Waals surface area contributed by atoms with Crippen molar-refractivity contribution in [1.29, 1.82) is 5.26 Å². The molecular weight excluding hydrogens is 250 g/mol. The van der Waals surface area contributed by atoms with E-state index in [2.05, 4.69) is 5.32 Å². The molecule has 0 aromatic carbocycles. The largest absolute Gasteiger partial charge is 0.477 e. The predicted molar refractivity (Wildman–Crippen MR) is 65.6 cm³/mol. The molecule has 0 spiro atoms. The Hall–Kier alpha value is -2.62. The summed E-state index contributed by atoms with van der Waals surface area (Å²) in [4.78, 5) is 34.2. The van der Waals surface area contributed by atoms with Crippen LogP contribution >= 0.6 is 0 Å². The molecule has 0 unspecified atom stereocenters. The lowest BCUT2D eigenvalue weighted by molar-refractivity contribution is -0.121. The summed E-state index contributed by atoms with van der Waals surface area (Å²) < 4.78 is 1.09. The van der Waals surface area contributed by atoms with Crippen molar-refractivity contribution in [2.45, 2.75) is 19.9 Å². The lowest BCUT2D eigenvalue weighted by atomic mass is 10.2. The van der Waals surface area contributed by atoms with Gasteiger partial charge in [-0.15, -0.1) is 0 Å². The predicted octanol–water partition coefficient (Wildman–Crippen LogP) is -0.115. The van der Waals surface area contributed by atoms with E-state index in [4.69, 9.17) is 10.4 Å². The SMILES string of the molecule is Cc1ccc(C(=O)O)c(=O)n1CC(=O)NCCC#N. The fourth-order valence-electron chi connectivity index (χ4n) is 1.49. The normalized spacial score (nSPS) is 9.68. The molecule has 0 saturated heterocycles.